The van der Waals surface area contributed by atoms with E-state index in [2.05, 4.69) is 0 Å². The molecular weight excluding hydrogens is 417 g/mol. The molecule has 0 aromatic carbocycles. The molecule has 0 spiro atoms. The average Bonchev–Trinajstić information content (AvgIpc) is 1.41. The van der Waals surface area contributed by atoms with Crippen LogP contribution in [0.4, 0.5) is 0 Å². The van der Waals surface area contributed by atoms with Crippen LogP contribution in [0.1, 0.15) is 0 Å². The molecule has 0 N–H and O–H groups in total. The Balaban J connectivity index is -0.0000000655. The summed E-state index contributed by atoms with van der Waals surface area (Å²) in [5.74, 6) is 0. The molecule has 9 nitrogen and oxygen atoms in total. The van der Waals surface area contributed by atoms with Crippen LogP contribution in [-0.4, -0.2) is 57.7 Å². The fraction of sp³-hybridized carbons (Fsp3) is 1.00. The van der Waals surface area contributed by atoms with Gasteiger partial charge in [-0.15, -0.1) is 0 Å². The van der Waals surface area contributed by atoms with Crippen molar-refractivity contribution in [2.45, 2.75) is 0 Å². The van der Waals surface area contributed by atoms with Gasteiger partial charge in [-0.2, -0.15) is 0 Å². The molecule has 0 aliphatic rings. The molecule has 0 aromatic rings. The first kappa shape index (κ1) is 25.8. The van der Waals surface area contributed by atoms with Gasteiger partial charge in [-0.3, -0.25) is 0 Å². The van der Waals surface area contributed by atoms with Crippen molar-refractivity contribution >= 4 is 30.4 Å². The van der Waals surface area contributed by atoms with Gasteiger partial charge in [0.1, 0.15) is 0 Å². The Bertz CT molecular complexity index is 347. The van der Waals surface area contributed by atoms with E-state index < -0.39 is 30.4 Å². The zero-order valence-electron chi connectivity index (χ0n) is 8.48. The van der Waals surface area contributed by atoms with Crippen LogP contribution in [0.5, 0.6) is 0 Å². The van der Waals surface area contributed by atoms with E-state index in [4.69, 9.17) is 38.9 Å². The van der Waals surface area contributed by atoms with Crippen molar-refractivity contribution in [2.24, 2.45) is 0 Å². The molecule has 0 saturated heterocycles. The Hall–Kier alpha value is 1.09. The number of hydrogen-bond donors (Lipinski definition) is 0. The minimum absolute atomic E-state index is 0. The fourth-order valence-electron chi connectivity index (χ4n) is 0. The van der Waals surface area contributed by atoms with Gasteiger partial charge in [0.15, 0.2) is 0 Å². The average molecular weight is 426 g/mol. The summed E-state index contributed by atoms with van der Waals surface area (Å²) in [5, 5.41) is 0. The molecule has 0 bridgehead atoms. The van der Waals surface area contributed by atoms with Crippen LogP contribution in [0.3, 0.4) is 0 Å². The van der Waals surface area contributed by atoms with Crippen LogP contribution in [0.15, 0.2) is 0 Å². The predicted molar refractivity (Wildman–Crippen MR) is 46.9 cm³/mol. The van der Waals surface area contributed by atoms with Crippen molar-refractivity contribution in [3.05, 3.63) is 0 Å². The third kappa shape index (κ3) is 2510. The molecule has 0 aliphatic carbocycles. The molecule has 0 atom stereocenters. The van der Waals surface area contributed by atoms with Gasteiger partial charge >= 0.3 is 41.3 Å². The fourth-order valence-corrected chi connectivity index (χ4v) is 0. The Kier molecular flexibility index (Phi) is 16.2. The first-order valence-corrected chi connectivity index (χ1v) is 8.17. The quantitative estimate of drug-likeness (QED) is 0.379. The second-order valence-electron chi connectivity index (χ2n) is 2.11. The molecule has 0 aromatic heterocycles. The predicted octanol–water partition coefficient (Wildman–Crippen LogP) is -2.52. The summed E-state index contributed by atoms with van der Waals surface area (Å²) >= 11 is 0. The van der Waals surface area contributed by atoms with Gasteiger partial charge in [0.05, 0.1) is 30.4 Å². The van der Waals surface area contributed by atoms with Crippen molar-refractivity contribution < 1.29 is 80.2 Å². The van der Waals surface area contributed by atoms with Crippen molar-refractivity contribution in [2.75, 3.05) is 18.8 Å². The summed E-state index contributed by atoms with van der Waals surface area (Å²) in [7, 11) is -11.8. The summed E-state index contributed by atoms with van der Waals surface area (Å²) in [6, 6.07) is 0. The third-order valence-corrected chi connectivity index (χ3v) is 0. The zero-order valence-corrected chi connectivity index (χ0v) is 14.6. The standard InChI is InChI=1S/3CH4O3S.Pr/c3*1-5(2,3)4;/h3*1H3,(H,2,3,4);/q;;;+3/p-3. The molecule has 0 rings (SSSR count). The van der Waals surface area contributed by atoms with Crippen LogP contribution in [0.25, 0.3) is 0 Å². The Morgan fingerprint density at radius 3 is 0.562 bits per heavy atom. The first-order chi connectivity index (χ1) is 6.00. The molecule has 96 valence electrons. The molecule has 0 heterocycles. The number of rotatable bonds is 0. The van der Waals surface area contributed by atoms with Gasteiger partial charge < -0.3 is 13.7 Å². The summed E-state index contributed by atoms with van der Waals surface area (Å²) in [6.45, 7) is 0. The van der Waals surface area contributed by atoms with E-state index in [0.717, 1.165) is 0 Å². The maximum atomic E-state index is 9.08. The van der Waals surface area contributed by atoms with Gasteiger partial charge in [-0.25, -0.2) is 25.3 Å². The normalized spacial score (nSPS) is 10.9. The summed E-state index contributed by atoms with van der Waals surface area (Å²) in [4.78, 5) is 0. The second-order valence-corrected chi connectivity index (χ2v) is 6.34. The molecule has 0 radical (unpaired) electrons. The summed E-state index contributed by atoms with van der Waals surface area (Å²) < 4.78 is 81.7. The smallest absolute Gasteiger partial charge is 0.748 e. The van der Waals surface area contributed by atoms with Crippen molar-refractivity contribution in [1.29, 1.82) is 0 Å². The van der Waals surface area contributed by atoms with E-state index in [1.807, 2.05) is 0 Å². The Labute approximate surface area is 128 Å². The van der Waals surface area contributed by atoms with Crippen LogP contribution in [0.2, 0.25) is 0 Å². The van der Waals surface area contributed by atoms with E-state index in [1.54, 1.807) is 0 Å². The first-order valence-electron chi connectivity index (χ1n) is 2.72. The van der Waals surface area contributed by atoms with Crippen LogP contribution in [0, 0.1) is 41.3 Å². The summed E-state index contributed by atoms with van der Waals surface area (Å²) in [5.41, 5.74) is 0. The minimum Gasteiger partial charge on any atom is -0.748 e. The van der Waals surface area contributed by atoms with Gasteiger partial charge in [-0.1, -0.05) is 0 Å². The molecule has 0 amide bonds. The third-order valence-electron chi connectivity index (χ3n) is 0. The minimum atomic E-state index is -3.92. The summed E-state index contributed by atoms with van der Waals surface area (Å²) in [6.07, 6.45) is 1.81. The van der Waals surface area contributed by atoms with Gasteiger partial charge in [-0.05, 0) is 0 Å². The van der Waals surface area contributed by atoms with Crippen molar-refractivity contribution in [3.63, 3.8) is 0 Å². The van der Waals surface area contributed by atoms with Crippen molar-refractivity contribution in [3.8, 4) is 0 Å². The molecule has 0 saturated carbocycles. The van der Waals surface area contributed by atoms with Gasteiger partial charge in [0.2, 0.25) is 0 Å². The molecule has 16 heavy (non-hydrogen) atoms. The second kappa shape index (κ2) is 10.1. The monoisotopic (exact) mass is 426 g/mol. The Morgan fingerprint density at radius 1 is 0.562 bits per heavy atom. The molecule has 0 unspecified atom stereocenters. The molecule has 0 fully saturated rings. The molecular formula is C3H9O9PrS3. The van der Waals surface area contributed by atoms with E-state index in [0.29, 0.717) is 18.8 Å². The zero-order chi connectivity index (χ0) is 13.5. The largest absolute Gasteiger partial charge is 3.00 e. The maximum absolute atomic E-state index is 9.08. The molecule has 0 aliphatic heterocycles. The van der Waals surface area contributed by atoms with E-state index in [9.17, 15) is 0 Å². The maximum Gasteiger partial charge on any atom is 3.00 e. The van der Waals surface area contributed by atoms with Crippen molar-refractivity contribution in [1.82, 2.24) is 0 Å². The van der Waals surface area contributed by atoms with E-state index >= 15 is 0 Å². The van der Waals surface area contributed by atoms with Gasteiger partial charge in [0.25, 0.3) is 0 Å². The topological polar surface area (TPSA) is 172 Å². The van der Waals surface area contributed by atoms with Crippen LogP contribution < -0.4 is 0 Å². The Morgan fingerprint density at radius 2 is 0.562 bits per heavy atom. The van der Waals surface area contributed by atoms with Gasteiger partial charge in [0, 0.05) is 18.8 Å². The number of hydrogen-bond acceptors (Lipinski definition) is 9. The molecule has 13 heteroatoms. The van der Waals surface area contributed by atoms with E-state index in [1.165, 1.54) is 0 Å². The SMILES string of the molecule is CS(=O)(=O)[O-].CS(=O)(=O)[O-].CS(=O)(=O)[O-].[Pr+3]. The van der Waals surface area contributed by atoms with Crippen LogP contribution in [-0.2, 0) is 30.4 Å². The van der Waals surface area contributed by atoms with Crippen LogP contribution >= 0.6 is 0 Å². The van der Waals surface area contributed by atoms with E-state index in [-0.39, 0.29) is 41.3 Å².